The van der Waals surface area contributed by atoms with Crippen LogP contribution in [0.4, 0.5) is 0 Å². The minimum Gasteiger partial charge on any atom is -0.463 e. The Morgan fingerprint density at radius 1 is 0.923 bits per heavy atom. The molecule has 26 heavy (non-hydrogen) atoms. The summed E-state index contributed by atoms with van der Waals surface area (Å²) in [6, 6.07) is -1.05. The molecule has 5 unspecified atom stereocenters. The lowest BCUT2D eigenvalue weighted by molar-refractivity contribution is -0.400. The number of carbonyl (C=O) groups excluding carboxylic acids is 4. The SMILES string of the molecule is COOC1OC(COC(C)=O)C(OC(C)=O)C(OC(C)=O)C1NC(C)=O. The Labute approximate surface area is 150 Å². The summed E-state index contributed by atoms with van der Waals surface area (Å²) < 4.78 is 21.0. The summed E-state index contributed by atoms with van der Waals surface area (Å²) in [6.07, 6.45) is -4.59. The lowest BCUT2D eigenvalue weighted by atomic mass is 9.96. The molecule has 1 aliphatic heterocycles. The molecule has 1 aliphatic rings. The van der Waals surface area contributed by atoms with E-state index in [9.17, 15) is 19.2 Å². The number of rotatable bonds is 7. The number of hydrogen-bond donors (Lipinski definition) is 1. The largest absolute Gasteiger partial charge is 0.463 e. The fourth-order valence-electron chi connectivity index (χ4n) is 2.47. The van der Waals surface area contributed by atoms with Crippen molar-refractivity contribution < 1.29 is 47.9 Å². The van der Waals surface area contributed by atoms with Gasteiger partial charge in [0.05, 0.1) is 7.11 Å². The molecule has 1 amide bonds. The van der Waals surface area contributed by atoms with Gasteiger partial charge in [0.2, 0.25) is 12.2 Å². The highest BCUT2D eigenvalue weighted by atomic mass is 17.2. The highest BCUT2D eigenvalue weighted by molar-refractivity contribution is 5.73. The van der Waals surface area contributed by atoms with Crippen LogP contribution >= 0.6 is 0 Å². The van der Waals surface area contributed by atoms with E-state index in [1.54, 1.807) is 0 Å². The third-order valence-corrected chi connectivity index (χ3v) is 3.26. The zero-order valence-electron chi connectivity index (χ0n) is 15.2. The van der Waals surface area contributed by atoms with Gasteiger partial charge in [-0.3, -0.25) is 19.2 Å². The minimum atomic E-state index is -1.22. The number of esters is 3. The zero-order valence-corrected chi connectivity index (χ0v) is 15.2. The third-order valence-electron chi connectivity index (χ3n) is 3.26. The van der Waals surface area contributed by atoms with Crippen molar-refractivity contribution in [3.8, 4) is 0 Å². The van der Waals surface area contributed by atoms with Crippen LogP contribution in [0.3, 0.4) is 0 Å². The van der Waals surface area contributed by atoms with E-state index in [0.717, 1.165) is 13.8 Å². The van der Waals surface area contributed by atoms with Crippen molar-refractivity contribution >= 4 is 23.8 Å². The molecule has 0 aromatic heterocycles. The van der Waals surface area contributed by atoms with Crippen LogP contribution in [-0.4, -0.2) is 68.2 Å². The molecule has 0 aromatic rings. The summed E-state index contributed by atoms with van der Waals surface area (Å²) in [6.45, 7) is 4.43. The molecule has 0 aliphatic carbocycles. The second-order valence-corrected chi connectivity index (χ2v) is 5.48. The smallest absolute Gasteiger partial charge is 0.303 e. The average molecular weight is 377 g/mol. The first-order valence-electron chi connectivity index (χ1n) is 7.75. The van der Waals surface area contributed by atoms with Crippen LogP contribution < -0.4 is 5.32 Å². The highest BCUT2D eigenvalue weighted by Gasteiger charge is 2.51. The van der Waals surface area contributed by atoms with E-state index < -0.39 is 54.5 Å². The second kappa shape index (κ2) is 10.0. The molecule has 0 radical (unpaired) electrons. The first-order chi connectivity index (χ1) is 12.1. The summed E-state index contributed by atoms with van der Waals surface area (Å²) in [4.78, 5) is 55.3. The molecule has 11 nitrogen and oxygen atoms in total. The van der Waals surface area contributed by atoms with Gasteiger partial charge in [-0.05, 0) is 0 Å². The van der Waals surface area contributed by atoms with Crippen LogP contribution in [0.5, 0.6) is 0 Å². The van der Waals surface area contributed by atoms with E-state index in [2.05, 4.69) is 10.2 Å². The van der Waals surface area contributed by atoms with Crippen LogP contribution in [0.1, 0.15) is 27.7 Å². The van der Waals surface area contributed by atoms with E-state index in [1.165, 1.54) is 21.0 Å². The van der Waals surface area contributed by atoms with E-state index in [4.69, 9.17) is 23.8 Å². The molecule has 1 saturated heterocycles. The fraction of sp³-hybridized carbons (Fsp3) is 0.733. The van der Waals surface area contributed by atoms with Gasteiger partial charge in [0.25, 0.3) is 0 Å². The fourth-order valence-corrected chi connectivity index (χ4v) is 2.47. The normalized spacial score (nSPS) is 28.0. The number of amides is 1. The molecule has 0 spiro atoms. The van der Waals surface area contributed by atoms with Gasteiger partial charge in [-0.1, -0.05) is 0 Å². The van der Waals surface area contributed by atoms with Crippen molar-refractivity contribution in [3.05, 3.63) is 0 Å². The predicted octanol–water partition coefficient (Wildman–Crippen LogP) is -0.779. The topological polar surface area (TPSA) is 136 Å². The maximum atomic E-state index is 11.5. The van der Waals surface area contributed by atoms with Gasteiger partial charge in [0, 0.05) is 27.7 Å². The van der Waals surface area contributed by atoms with Gasteiger partial charge in [0.1, 0.15) is 18.8 Å². The molecule has 1 rings (SSSR count). The molecule has 0 aromatic carbocycles. The molecular weight excluding hydrogens is 354 g/mol. The van der Waals surface area contributed by atoms with Gasteiger partial charge in [0.15, 0.2) is 12.2 Å². The van der Waals surface area contributed by atoms with Gasteiger partial charge >= 0.3 is 17.9 Å². The predicted molar refractivity (Wildman–Crippen MR) is 82.1 cm³/mol. The van der Waals surface area contributed by atoms with Gasteiger partial charge in [-0.25, -0.2) is 9.78 Å². The van der Waals surface area contributed by atoms with Gasteiger partial charge in [-0.2, -0.15) is 0 Å². The number of carbonyl (C=O) groups is 4. The minimum absolute atomic E-state index is 0.304. The summed E-state index contributed by atoms with van der Waals surface area (Å²) in [5.74, 6) is -2.43. The Bertz CT molecular complexity index is 537. The van der Waals surface area contributed by atoms with Crippen LogP contribution in [0.25, 0.3) is 0 Å². The maximum absolute atomic E-state index is 11.5. The third kappa shape index (κ3) is 6.58. The maximum Gasteiger partial charge on any atom is 0.303 e. The summed E-state index contributed by atoms with van der Waals surface area (Å²) >= 11 is 0. The van der Waals surface area contributed by atoms with Crippen LogP contribution in [0.15, 0.2) is 0 Å². The molecule has 148 valence electrons. The van der Waals surface area contributed by atoms with Crippen LogP contribution in [0.2, 0.25) is 0 Å². The standard InChI is InChI=1S/C15H23NO10/c1-7(17)16-12-14(24-10(4)20)13(23-9(3)19)11(6-22-8(2)18)25-15(12)26-21-5/h11-15H,6H2,1-5H3,(H,16,17). The van der Waals surface area contributed by atoms with Crippen molar-refractivity contribution in [3.63, 3.8) is 0 Å². The Morgan fingerprint density at radius 2 is 1.50 bits per heavy atom. The molecule has 0 bridgehead atoms. The molecule has 11 heteroatoms. The van der Waals surface area contributed by atoms with Gasteiger partial charge < -0.3 is 24.3 Å². The lowest BCUT2D eigenvalue weighted by Crippen LogP contribution is -2.66. The van der Waals surface area contributed by atoms with Gasteiger partial charge in [-0.15, -0.1) is 0 Å². The van der Waals surface area contributed by atoms with Crippen LogP contribution in [0, 0.1) is 0 Å². The molecule has 1 heterocycles. The number of ether oxygens (including phenoxy) is 4. The van der Waals surface area contributed by atoms with E-state index in [0.29, 0.717) is 0 Å². The monoisotopic (exact) mass is 377 g/mol. The molecule has 1 fully saturated rings. The average Bonchev–Trinajstić information content (AvgIpc) is 2.50. The Morgan fingerprint density at radius 3 is 1.96 bits per heavy atom. The highest BCUT2D eigenvalue weighted by Crippen LogP contribution is 2.27. The first kappa shape index (κ1) is 21.8. The first-order valence-corrected chi connectivity index (χ1v) is 7.75. The van der Waals surface area contributed by atoms with E-state index in [1.807, 2.05) is 0 Å². The second-order valence-electron chi connectivity index (χ2n) is 5.48. The lowest BCUT2D eigenvalue weighted by Gasteiger charge is -2.44. The summed E-state index contributed by atoms with van der Waals surface area (Å²) in [5, 5.41) is 2.52. The Hall–Kier alpha value is -2.24. The number of hydrogen-bond acceptors (Lipinski definition) is 10. The van der Waals surface area contributed by atoms with Crippen molar-refractivity contribution in [1.29, 1.82) is 0 Å². The van der Waals surface area contributed by atoms with Crippen molar-refractivity contribution in [1.82, 2.24) is 5.32 Å². The quantitative estimate of drug-likeness (QED) is 0.260. The summed E-state index contributed by atoms with van der Waals surface area (Å²) in [7, 11) is 1.22. The van der Waals surface area contributed by atoms with Crippen molar-refractivity contribution in [2.45, 2.75) is 58.3 Å². The van der Waals surface area contributed by atoms with E-state index in [-0.39, 0.29) is 6.61 Å². The number of nitrogens with one attached hydrogen (secondary N) is 1. The molecule has 0 saturated carbocycles. The van der Waals surface area contributed by atoms with Crippen molar-refractivity contribution in [2.24, 2.45) is 0 Å². The molecular formula is C15H23NO10. The molecule has 1 N–H and O–H groups in total. The van der Waals surface area contributed by atoms with Crippen molar-refractivity contribution in [2.75, 3.05) is 13.7 Å². The van der Waals surface area contributed by atoms with E-state index >= 15 is 0 Å². The molecule has 5 atom stereocenters. The Kier molecular flexibility index (Phi) is 8.42. The zero-order chi connectivity index (χ0) is 19.9. The van der Waals surface area contributed by atoms with Crippen LogP contribution in [-0.2, 0) is 47.9 Å². The Balaban J connectivity index is 3.22. The summed E-state index contributed by atoms with van der Waals surface area (Å²) in [5.41, 5.74) is 0.